The molecule has 0 radical (unpaired) electrons. The Bertz CT molecular complexity index is 2880. The van der Waals surface area contributed by atoms with Crippen LogP contribution in [0.25, 0.3) is 101 Å². The maximum Gasteiger partial charge on any atom is 0.164 e. The first kappa shape index (κ1) is 32.2. The molecule has 0 unspecified atom stereocenters. The van der Waals surface area contributed by atoms with Gasteiger partial charge in [-0.2, -0.15) is 0 Å². The number of hydrogen-bond acceptors (Lipinski definition) is 4. The van der Waals surface area contributed by atoms with Crippen LogP contribution in [0.1, 0.15) is 0 Å². The highest BCUT2D eigenvalue weighted by Gasteiger charge is 2.20. The lowest BCUT2D eigenvalue weighted by atomic mass is 9.84. The summed E-state index contributed by atoms with van der Waals surface area (Å²) in [6, 6.07) is 69.5. The van der Waals surface area contributed by atoms with Gasteiger partial charge in [0.2, 0.25) is 0 Å². The summed E-state index contributed by atoms with van der Waals surface area (Å²) in [6.45, 7) is 0. The lowest BCUT2D eigenvalue weighted by Crippen LogP contribution is -2.00. The molecular weight excluding hydrogens is 671 g/mol. The van der Waals surface area contributed by atoms with Crippen LogP contribution in [0, 0.1) is 0 Å². The van der Waals surface area contributed by atoms with Gasteiger partial charge in [-0.15, -0.1) is 0 Å². The van der Waals surface area contributed by atoms with Gasteiger partial charge in [0.25, 0.3) is 0 Å². The molecule has 4 heteroatoms. The van der Waals surface area contributed by atoms with Crippen LogP contribution in [0.5, 0.6) is 0 Å². The molecule has 2 heterocycles. The number of rotatable bonds is 7. The fourth-order valence-electron chi connectivity index (χ4n) is 7.53. The minimum absolute atomic E-state index is 0.597. The Kier molecular flexibility index (Phi) is 8.12. The third-order valence-electron chi connectivity index (χ3n) is 10.2. The van der Waals surface area contributed by atoms with Crippen LogP contribution in [0.15, 0.2) is 205 Å². The van der Waals surface area contributed by atoms with Crippen molar-refractivity contribution in [2.45, 2.75) is 0 Å². The average molecular weight is 704 g/mol. The summed E-state index contributed by atoms with van der Waals surface area (Å²) in [5.41, 5.74) is 13.6. The normalized spacial score (nSPS) is 11.3. The van der Waals surface area contributed by atoms with Crippen molar-refractivity contribution in [2.75, 3.05) is 0 Å². The van der Waals surface area contributed by atoms with Crippen LogP contribution >= 0.6 is 0 Å². The molecule has 0 amide bonds. The fraction of sp³-hybridized carbons (Fsp3) is 0. The van der Waals surface area contributed by atoms with E-state index in [4.69, 9.17) is 19.4 Å². The van der Waals surface area contributed by atoms with Gasteiger partial charge in [-0.1, -0.05) is 176 Å². The molecule has 4 nitrogen and oxygen atoms in total. The standard InChI is InChI=1S/C51H33N3O/c1-5-16-34(17-6-1)40-32-43(35-18-7-2-8-19-35)47(44(33-40)36-20-9-3-10-21-36)37-28-30-39(31-29-37)50-52-49(38-22-11-4-12-23-38)53-51(54-50)42-25-15-27-46-48(42)41-24-13-14-26-45(41)55-46/h1-33H. The van der Waals surface area contributed by atoms with E-state index in [1.807, 2.05) is 60.7 Å². The van der Waals surface area contributed by atoms with E-state index in [2.05, 4.69) is 140 Å². The maximum atomic E-state index is 6.24. The van der Waals surface area contributed by atoms with Crippen molar-refractivity contribution < 1.29 is 4.42 Å². The largest absolute Gasteiger partial charge is 0.456 e. The first-order valence-electron chi connectivity index (χ1n) is 18.4. The van der Waals surface area contributed by atoms with Crippen LogP contribution in [0.3, 0.4) is 0 Å². The van der Waals surface area contributed by atoms with Crippen molar-refractivity contribution in [3.05, 3.63) is 200 Å². The van der Waals surface area contributed by atoms with E-state index in [1.54, 1.807) is 0 Å². The van der Waals surface area contributed by atoms with Gasteiger partial charge >= 0.3 is 0 Å². The summed E-state index contributed by atoms with van der Waals surface area (Å²) in [5, 5.41) is 2.02. The van der Waals surface area contributed by atoms with Crippen molar-refractivity contribution >= 4 is 21.9 Å². The monoisotopic (exact) mass is 703 g/mol. The summed E-state index contributed by atoms with van der Waals surface area (Å²) in [4.78, 5) is 15.3. The molecule has 0 fully saturated rings. The Morgan fingerprint density at radius 2 is 0.745 bits per heavy atom. The Morgan fingerprint density at radius 3 is 1.35 bits per heavy atom. The van der Waals surface area contributed by atoms with Gasteiger partial charge in [0, 0.05) is 27.5 Å². The zero-order valence-corrected chi connectivity index (χ0v) is 29.8. The van der Waals surface area contributed by atoms with E-state index in [1.165, 1.54) is 27.8 Å². The van der Waals surface area contributed by atoms with E-state index in [-0.39, 0.29) is 0 Å². The predicted octanol–water partition coefficient (Wildman–Crippen LogP) is 13.4. The second kappa shape index (κ2) is 13.8. The second-order valence-corrected chi connectivity index (χ2v) is 13.6. The Hall–Kier alpha value is -7.43. The van der Waals surface area contributed by atoms with E-state index in [0.717, 1.165) is 55.3 Å². The van der Waals surface area contributed by atoms with Gasteiger partial charge in [-0.25, -0.2) is 15.0 Å². The van der Waals surface area contributed by atoms with Crippen molar-refractivity contribution in [3.8, 4) is 78.7 Å². The molecular formula is C51H33N3O. The van der Waals surface area contributed by atoms with Crippen molar-refractivity contribution in [3.63, 3.8) is 0 Å². The van der Waals surface area contributed by atoms with E-state index in [9.17, 15) is 0 Å². The highest BCUT2D eigenvalue weighted by Crippen LogP contribution is 2.44. The molecule has 0 spiro atoms. The quantitative estimate of drug-likeness (QED) is 0.166. The first-order valence-corrected chi connectivity index (χ1v) is 18.4. The summed E-state index contributed by atoms with van der Waals surface area (Å²) in [7, 11) is 0. The number of para-hydroxylation sites is 1. The summed E-state index contributed by atoms with van der Waals surface area (Å²) >= 11 is 0. The topological polar surface area (TPSA) is 51.8 Å². The highest BCUT2D eigenvalue weighted by molar-refractivity contribution is 6.11. The Balaban J connectivity index is 1.16. The Labute approximate surface area is 319 Å². The van der Waals surface area contributed by atoms with Crippen LogP contribution in [0.4, 0.5) is 0 Å². The number of aromatic nitrogens is 3. The minimum Gasteiger partial charge on any atom is -0.456 e. The third-order valence-corrected chi connectivity index (χ3v) is 10.2. The van der Waals surface area contributed by atoms with Gasteiger partial charge in [-0.3, -0.25) is 0 Å². The van der Waals surface area contributed by atoms with Crippen LogP contribution in [-0.2, 0) is 0 Å². The molecule has 8 aromatic carbocycles. The lowest BCUT2D eigenvalue weighted by molar-refractivity contribution is 0.669. The lowest BCUT2D eigenvalue weighted by Gasteiger charge is -2.19. The second-order valence-electron chi connectivity index (χ2n) is 13.6. The molecule has 2 aromatic heterocycles. The highest BCUT2D eigenvalue weighted by atomic mass is 16.3. The molecule has 0 bridgehead atoms. The van der Waals surface area contributed by atoms with Crippen LogP contribution < -0.4 is 0 Å². The SMILES string of the molecule is c1ccc(-c2cc(-c3ccccc3)c(-c3ccc(-c4nc(-c5ccccc5)nc(-c5cccc6oc7ccccc7c56)n4)cc3)c(-c3ccccc3)c2)cc1. The van der Waals surface area contributed by atoms with Gasteiger partial charge in [-0.05, 0) is 68.8 Å². The molecule has 0 N–H and O–H groups in total. The smallest absolute Gasteiger partial charge is 0.164 e. The van der Waals surface area contributed by atoms with Crippen molar-refractivity contribution in [1.29, 1.82) is 0 Å². The summed E-state index contributed by atoms with van der Waals surface area (Å²) in [5.74, 6) is 1.81. The molecule has 0 aliphatic heterocycles. The molecule has 0 atom stereocenters. The molecule has 0 aliphatic carbocycles. The number of benzene rings is 8. The summed E-state index contributed by atoms with van der Waals surface area (Å²) in [6.07, 6.45) is 0. The van der Waals surface area contributed by atoms with Gasteiger partial charge < -0.3 is 4.42 Å². The molecule has 0 saturated carbocycles. The first-order chi connectivity index (χ1) is 27.3. The zero-order chi connectivity index (χ0) is 36.6. The molecule has 0 saturated heterocycles. The van der Waals surface area contributed by atoms with Gasteiger partial charge in [0.05, 0.1) is 0 Å². The van der Waals surface area contributed by atoms with E-state index >= 15 is 0 Å². The van der Waals surface area contributed by atoms with E-state index in [0.29, 0.717) is 17.5 Å². The number of fused-ring (bicyclic) bond motifs is 3. The third kappa shape index (κ3) is 6.06. The number of furan rings is 1. The molecule has 10 rings (SSSR count). The van der Waals surface area contributed by atoms with Crippen LogP contribution in [0.2, 0.25) is 0 Å². The summed E-state index contributed by atoms with van der Waals surface area (Å²) < 4.78 is 6.24. The zero-order valence-electron chi connectivity index (χ0n) is 29.8. The Morgan fingerprint density at radius 1 is 0.291 bits per heavy atom. The number of hydrogen-bond donors (Lipinski definition) is 0. The fourth-order valence-corrected chi connectivity index (χ4v) is 7.53. The van der Waals surface area contributed by atoms with Crippen LogP contribution in [-0.4, -0.2) is 15.0 Å². The predicted molar refractivity (Wildman–Crippen MR) is 225 cm³/mol. The minimum atomic E-state index is 0.597. The number of nitrogens with zero attached hydrogens (tertiary/aromatic N) is 3. The molecule has 10 aromatic rings. The van der Waals surface area contributed by atoms with Crippen molar-refractivity contribution in [2.24, 2.45) is 0 Å². The van der Waals surface area contributed by atoms with E-state index < -0.39 is 0 Å². The molecule has 258 valence electrons. The molecule has 0 aliphatic rings. The van der Waals surface area contributed by atoms with Gasteiger partial charge in [0.15, 0.2) is 17.5 Å². The average Bonchev–Trinajstić information content (AvgIpc) is 3.66. The van der Waals surface area contributed by atoms with Crippen molar-refractivity contribution in [1.82, 2.24) is 15.0 Å². The van der Waals surface area contributed by atoms with Gasteiger partial charge in [0.1, 0.15) is 11.2 Å². The molecule has 55 heavy (non-hydrogen) atoms. The maximum absolute atomic E-state index is 6.24.